The highest BCUT2D eigenvalue weighted by Crippen LogP contribution is 2.23. The number of benzene rings is 3. The fourth-order valence-electron chi connectivity index (χ4n) is 4.11. The normalized spacial score (nSPS) is 11.0. The van der Waals surface area contributed by atoms with Crippen LogP contribution < -0.4 is 15.1 Å². The maximum Gasteiger partial charge on any atom is 0.227 e. The molecule has 2 N–H and O–H groups in total. The summed E-state index contributed by atoms with van der Waals surface area (Å²) in [5, 5.41) is 2.08. The van der Waals surface area contributed by atoms with E-state index in [0.717, 1.165) is 27.2 Å². The third-order valence-electron chi connectivity index (χ3n) is 6.16. The fourth-order valence-corrected chi connectivity index (χ4v) is 9.23. The van der Waals surface area contributed by atoms with Crippen molar-refractivity contribution < 1.29 is 14.3 Å². The lowest BCUT2D eigenvalue weighted by Crippen LogP contribution is -2.47. The van der Waals surface area contributed by atoms with Gasteiger partial charge in [-0.25, -0.2) is 0 Å². The lowest BCUT2D eigenvalue weighted by atomic mass is 10.1. The predicted molar refractivity (Wildman–Crippen MR) is 173 cm³/mol. The lowest BCUT2D eigenvalue weighted by molar-refractivity contribution is 0.415. The predicted octanol–water partition coefficient (Wildman–Crippen LogP) is 6.69. The Balaban J connectivity index is 0.000000281. The molecule has 0 bridgehead atoms. The van der Waals surface area contributed by atoms with Crippen LogP contribution in [0.4, 0.5) is 0 Å². The van der Waals surface area contributed by atoms with E-state index in [2.05, 4.69) is 61.0 Å². The van der Waals surface area contributed by atoms with Crippen molar-refractivity contribution in [2.75, 3.05) is 7.11 Å². The summed E-state index contributed by atoms with van der Waals surface area (Å²) in [6.45, 7) is 14.9. The highest BCUT2D eigenvalue weighted by atomic mass is 127. The average Bonchev–Trinajstić information content (AvgIpc) is 2.90. The van der Waals surface area contributed by atoms with Gasteiger partial charge in [0.25, 0.3) is 0 Å². The van der Waals surface area contributed by atoms with Crippen LogP contribution in [0.25, 0.3) is 11.1 Å². The van der Waals surface area contributed by atoms with Crippen LogP contribution in [0.1, 0.15) is 0 Å². The van der Waals surface area contributed by atoms with Crippen LogP contribution in [-0.2, 0) is 0 Å². The van der Waals surface area contributed by atoms with Gasteiger partial charge in [0.15, 0.2) is 0 Å². The Bertz CT molecular complexity index is 1140. The summed E-state index contributed by atoms with van der Waals surface area (Å²) >= 11 is 2.26. The highest BCUT2D eigenvalue weighted by molar-refractivity contribution is 14.1. The number of halogens is 1. The Hall–Kier alpha value is -2.50. The van der Waals surface area contributed by atoms with Crippen LogP contribution in [0.15, 0.2) is 123 Å². The zero-order valence-electron chi connectivity index (χ0n) is 21.6. The Morgan fingerprint density at radius 2 is 0.946 bits per heavy atom. The number of hydrogen-bond donors (Lipinski definition) is 2. The van der Waals surface area contributed by atoms with Gasteiger partial charge in [0.1, 0.15) is 5.75 Å². The Kier molecular flexibility index (Phi) is 12.5. The third-order valence-corrected chi connectivity index (χ3v) is 13.5. The van der Waals surface area contributed by atoms with Gasteiger partial charge >= 0.3 is 0 Å². The maximum absolute atomic E-state index is 10.9. The molecule has 0 spiro atoms. The molecule has 0 aromatic heterocycles. The van der Waals surface area contributed by atoms with Gasteiger partial charge < -0.3 is 14.3 Å². The van der Waals surface area contributed by atoms with Crippen LogP contribution in [0.2, 0.25) is 24.2 Å². The van der Waals surface area contributed by atoms with Gasteiger partial charge in [-0.15, -0.1) is 26.3 Å². The Morgan fingerprint density at radius 1 is 0.622 bits per heavy atom. The molecule has 3 aromatic rings. The van der Waals surface area contributed by atoms with Crippen molar-refractivity contribution in [3.05, 3.63) is 127 Å². The van der Waals surface area contributed by atoms with Crippen LogP contribution in [0.3, 0.4) is 0 Å². The highest BCUT2D eigenvalue weighted by Gasteiger charge is 2.31. The van der Waals surface area contributed by atoms with Gasteiger partial charge in [-0.3, -0.25) is 0 Å². The van der Waals surface area contributed by atoms with E-state index in [9.17, 15) is 9.59 Å². The molecule has 0 saturated heterocycles. The molecule has 0 heterocycles. The molecule has 37 heavy (non-hydrogen) atoms. The van der Waals surface area contributed by atoms with Crippen LogP contribution in [0, 0.1) is 3.57 Å². The standard InChI is InChI=1S/C19H22O2Si.C12H15IOSi/c1-4-14-22(20,15-5-2)19-12-8-17(9-13-19)16-6-10-18(21-3)11-7-16;1-3-9-15(14,10-4-2)12-7-5-11(13)6-8-12/h4-13,20H,1-2,14-15H2,3H3;3-8,14H,1-2,9-10H2. The Labute approximate surface area is 238 Å². The number of rotatable bonds is 12. The molecule has 0 radical (unpaired) electrons. The van der Waals surface area contributed by atoms with E-state index in [-0.39, 0.29) is 0 Å². The van der Waals surface area contributed by atoms with E-state index in [4.69, 9.17) is 4.74 Å². The van der Waals surface area contributed by atoms with Crippen molar-refractivity contribution in [2.24, 2.45) is 0 Å². The van der Waals surface area contributed by atoms with Crippen molar-refractivity contribution in [3.8, 4) is 16.9 Å². The van der Waals surface area contributed by atoms with E-state index in [1.807, 2.05) is 60.7 Å². The monoisotopic (exact) mass is 640 g/mol. The number of hydrogen-bond acceptors (Lipinski definition) is 3. The van der Waals surface area contributed by atoms with Gasteiger partial charge in [-0.1, -0.05) is 72.8 Å². The van der Waals surface area contributed by atoms with E-state index in [1.54, 1.807) is 31.4 Å². The van der Waals surface area contributed by atoms with Crippen molar-refractivity contribution in [1.82, 2.24) is 0 Å². The largest absolute Gasteiger partial charge is 0.497 e. The minimum Gasteiger partial charge on any atom is -0.497 e. The average molecular weight is 641 g/mol. The van der Waals surface area contributed by atoms with Gasteiger partial charge in [-0.05, 0) is 92.5 Å². The maximum atomic E-state index is 10.9. The van der Waals surface area contributed by atoms with Gasteiger partial charge in [0, 0.05) is 3.57 Å². The molecular formula is C31H37IO3Si2. The molecule has 0 fully saturated rings. The fraction of sp³-hybridized carbons (Fsp3) is 0.161. The molecule has 3 rings (SSSR count). The van der Waals surface area contributed by atoms with Crippen molar-refractivity contribution in [3.63, 3.8) is 0 Å². The molecule has 3 nitrogen and oxygen atoms in total. The van der Waals surface area contributed by atoms with Crippen LogP contribution >= 0.6 is 22.6 Å². The molecule has 6 heteroatoms. The third kappa shape index (κ3) is 8.79. The van der Waals surface area contributed by atoms with Crippen molar-refractivity contribution >= 4 is 49.6 Å². The van der Waals surface area contributed by atoms with Crippen LogP contribution in [-0.4, -0.2) is 33.3 Å². The SMILES string of the molecule is C=CC[Si](O)(CC=C)c1ccc(-c2ccc(OC)cc2)cc1.C=CC[Si](O)(CC=C)c1ccc(I)cc1. The quantitative estimate of drug-likeness (QED) is 0.132. The summed E-state index contributed by atoms with van der Waals surface area (Å²) in [5.41, 5.74) is 2.25. The first-order chi connectivity index (χ1) is 17.7. The zero-order chi connectivity index (χ0) is 27.3. The van der Waals surface area contributed by atoms with E-state index < -0.39 is 16.6 Å². The zero-order valence-corrected chi connectivity index (χ0v) is 25.7. The van der Waals surface area contributed by atoms with Crippen LogP contribution in [0.5, 0.6) is 5.75 Å². The molecule has 194 valence electrons. The van der Waals surface area contributed by atoms with Gasteiger partial charge in [-0.2, -0.15) is 0 Å². The first-order valence-corrected chi connectivity index (χ1v) is 17.9. The molecule has 0 atom stereocenters. The number of allylic oxidation sites excluding steroid dienone is 4. The Morgan fingerprint density at radius 3 is 1.27 bits per heavy atom. The summed E-state index contributed by atoms with van der Waals surface area (Å²) in [4.78, 5) is 21.5. The summed E-state index contributed by atoms with van der Waals surface area (Å²) in [6.07, 6.45) is 7.20. The van der Waals surface area contributed by atoms with Gasteiger partial charge in [0.05, 0.1) is 7.11 Å². The first kappa shape index (κ1) is 30.7. The lowest BCUT2D eigenvalue weighted by Gasteiger charge is -2.23. The summed E-state index contributed by atoms with van der Waals surface area (Å²) in [5.74, 6) is 0.846. The second-order valence-electron chi connectivity index (χ2n) is 8.85. The number of methoxy groups -OCH3 is 1. The van der Waals surface area contributed by atoms with E-state index >= 15 is 0 Å². The van der Waals surface area contributed by atoms with E-state index in [0.29, 0.717) is 24.2 Å². The molecule has 0 aliphatic rings. The minimum atomic E-state index is -2.52. The van der Waals surface area contributed by atoms with Gasteiger partial charge in [0.2, 0.25) is 16.6 Å². The van der Waals surface area contributed by atoms with Crippen molar-refractivity contribution in [1.29, 1.82) is 0 Å². The summed E-state index contributed by atoms with van der Waals surface area (Å²) in [7, 11) is -3.25. The molecule has 0 aliphatic heterocycles. The minimum absolute atomic E-state index is 0.640. The molecule has 0 saturated carbocycles. The molecule has 0 unspecified atom stereocenters. The molecule has 3 aromatic carbocycles. The molecule has 0 aliphatic carbocycles. The summed E-state index contributed by atoms with van der Waals surface area (Å²) < 4.78 is 6.36. The number of ether oxygens (including phenoxy) is 1. The second-order valence-corrected chi connectivity index (χ2v) is 17.0. The smallest absolute Gasteiger partial charge is 0.227 e. The topological polar surface area (TPSA) is 49.7 Å². The van der Waals surface area contributed by atoms with Crippen molar-refractivity contribution in [2.45, 2.75) is 24.2 Å². The second kappa shape index (κ2) is 15.0. The first-order valence-electron chi connectivity index (χ1n) is 12.1. The molecular weight excluding hydrogens is 603 g/mol. The van der Waals surface area contributed by atoms with E-state index in [1.165, 1.54) is 3.57 Å². The molecule has 0 amide bonds. The summed E-state index contributed by atoms with van der Waals surface area (Å²) in [6, 6.07) is 26.9.